The molecule has 2 N–H and O–H groups in total. The van der Waals surface area contributed by atoms with Crippen LogP contribution in [0.25, 0.3) is 0 Å². The van der Waals surface area contributed by atoms with Gasteiger partial charge in [0.2, 0.25) is 0 Å². The molecule has 0 aliphatic carbocycles. The van der Waals surface area contributed by atoms with Crippen molar-refractivity contribution in [3.8, 4) is 5.75 Å². The van der Waals surface area contributed by atoms with Crippen molar-refractivity contribution in [1.82, 2.24) is 0 Å². The van der Waals surface area contributed by atoms with Gasteiger partial charge in [0.25, 0.3) is 5.91 Å². The van der Waals surface area contributed by atoms with Crippen LogP contribution < -0.4 is 10.1 Å². The number of hydrogen-bond acceptors (Lipinski definition) is 3. The van der Waals surface area contributed by atoms with E-state index in [1.165, 1.54) is 0 Å². The minimum absolute atomic E-state index is 0.0654. The zero-order valence-electron chi connectivity index (χ0n) is 11.5. The highest BCUT2D eigenvalue weighted by Gasteiger charge is 2.05. The highest BCUT2D eigenvalue weighted by atomic mass is 79.9. The molecule has 4 nitrogen and oxygen atoms in total. The molecule has 0 radical (unpaired) electrons. The first-order valence-corrected chi connectivity index (χ1v) is 7.30. The average molecular weight is 350 g/mol. The number of carbonyl (C=O) groups is 1. The van der Waals surface area contributed by atoms with Crippen LogP contribution in [0.5, 0.6) is 5.75 Å². The molecule has 0 unspecified atom stereocenters. The highest BCUT2D eigenvalue weighted by Crippen LogP contribution is 2.17. The Kier molecular flexibility index (Phi) is 5.36. The molecular formula is C16H16BrNO3. The number of amides is 1. The maximum absolute atomic E-state index is 11.8. The van der Waals surface area contributed by atoms with Gasteiger partial charge in [-0.05, 0) is 48.9 Å². The molecule has 21 heavy (non-hydrogen) atoms. The minimum Gasteiger partial charge on any atom is -0.484 e. The lowest BCUT2D eigenvalue weighted by atomic mass is 10.1. The number of anilines is 1. The van der Waals surface area contributed by atoms with Crippen molar-refractivity contribution in [2.45, 2.75) is 13.0 Å². The van der Waals surface area contributed by atoms with E-state index in [-0.39, 0.29) is 12.5 Å². The molecule has 0 aliphatic rings. The smallest absolute Gasteiger partial charge is 0.262 e. The second-order valence-corrected chi connectivity index (χ2v) is 5.50. The third kappa shape index (κ3) is 4.88. The Balaban J connectivity index is 1.84. The Morgan fingerprint density at radius 1 is 1.19 bits per heavy atom. The largest absolute Gasteiger partial charge is 0.484 e. The molecule has 2 rings (SSSR count). The molecule has 0 spiro atoms. The zero-order valence-corrected chi connectivity index (χ0v) is 13.1. The van der Waals surface area contributed by atoms with Gasteiger partial charge in [-0.25, -0.2) is 0 Å². The van der Waals surface area contributed by atoms with Crippen LogP contribution in [-0.2, 0) is 4.79 Å². The number of hydrogen-bond donors (Lipinski definition) is 2. The predicted octanol–water partition coefficient (Wildman–Crippen LogP) is 3.52. The summed E-state index contributed by atoms with van der Waals surface area (Å²) < 4.78 is 6.35. The van der Waals surface area contributed by atoms with Crippen LogP contribution in [-0.4, -0.2) is 17.6 Å². The zero-order chi connectivity index (χ0) is 15.2. The fraction of sp³-hybridized carbons (Fsp3) is 0.188. The van der Waals surface area contributed by atoms with Gasteiger partial charge in [-0.3, -0.25) is 4.79 Å². The van der Waals surface area contributed by atoms with Crippen LogP contribution in [0.4, 0.5) is 5.69 Å². The first kappa shape index (κ1) is 15.5. The van der Waals surface area contributed by atoms with Gasteiger partial charge < -0.3 is 15.2 Å². The lowest BCUT2D eigenvalue weighted by Gasteiger charge is -2.09. The molecule has 0 heterocycles. The molecule has 0 saturated heterocycles. The number of benzene rings is 2. The lowest BCUT2D eigenvalue weighted by Crippen LogP contribution is -2.20. The Bertz CT molecular complexity index is 594. The second kappa shape index (κ2) is 7.24. The van der Waals surface area contributed by atoms with Crippen LogP contribution in [0, 0.1) is 0 Å². The number of nitrogens with one attached hydrogen (secondary N) is 1. The van der Waals surface area contributed by atoms with Gasteiger partial charge >= 0.3 is 0 Å². The summed E-state index contributed by atoms with van der Waals surface area (Å²) in [5.41, 5.74) is 1.53. The average Bonchev–Trinajstić information content (AvgIpc) is 2.48. The summed E-state index contributed by atoms with van der Waals surface area (Å²) in [5, 5.41) is 12.2. The van der Waals surface area contributed by atoms with Gasteiger partial charge in [0.1, 0.15) is 5.75 Å². The van der Waals surface area contributed by atoms with Crippen molar-refractivity contribution < 1.29 is 14.6 Å². The summed E-state index contributed by atoms with van der Waals surface area (Å²) in [6.07, 6.45) is -0.514. The molecule has 2 aromatic rings. The van der Waals surface area contributed by atoms with Crippen molar-refractivity contribution >= 4 is 27.5 Å². The van der Waals surface area contributed by atoms with E-state index in [0.29, 0.717) is 5.75 Å². The SMILES string of the molecule is C[C@@H](O)c1ccc(OCC(=O)Nc2ccc(Br)cc2)cc1. The molecular weight excluding hydrogens is 334 g/mol. The molecule has 0 saturated carbocycles. The molecule has 1 atom stereocenters. The summed E-state index contributed by atoms with van der Waals surface area (Å²) in [6.45, 7) is 1.63. The Morgan fingerprint density at radius 2 is 1.81 bits per heavy atom. The van der Waals surface area contributed by atoms with Gasteiger partial charge in [0.15, 0.2) is 6.61 Å². The Morgan fingerprint density at radius 3 is 2.38 bits per heavy atom. The van der Waals surface area contributed by atoms with Gasteiger partial charge in [0, 0.05) is 10.2 Å². The van der Waals surface area contributed by atoms with Crippen LogP contribution in [0.1, 0.15) is 18.6 Å². The topological polar surface area (TPSA) is 58.6 Å². The third-order valence-corrected chi connectivity index (χ3v) is 3.39. The summed E-state index contributed by atoms with van der Waals surface area (Å²) in [4.78, 5) is 11.8. The van der Waals surface area contributed by atoms with Gasteiger partial charge in [-0.15, -0.1) is 0 Å². The summed E-state index contributed by atoms with van der Waals surface area (Å²) >= 11 is 3.33. The quantitative estimate of drug-likeness (QED) is 0.868. The Hall–Kier alpha value is -1.85. The predicted molar refractivity (Wildman–Crippen MR) is 85.3 cm³/mol. The minimum atomic E-state index is -0.514. The first-order valence-electron chi connectivity index (χ1n) is 6.51. The van der Waals surface area contributed by atoms with Crippen molar-refractivity contribution in [2.24, 2.45) is 0 Å². The molecule has 5 heteroatoms. The summed E-state index contributed by atoms with van der Waals surface area (Å²) in [6, 6.07) is 14.3. The number of carbonyl (C=O) groups excluding carboxylic acids is 1. The highest BCUT2D eigenvalue weighted by molar-refractivity contribution is 9.10. The van der Waals surface area contributed by atoms with Gasteiger partial charge in [-0.1, -0.05) is 28.1 Å². The molecule has 110 valence electrons. The monoisotopic (exact) mass is 349 g/mol. The third-order valence-electron chi connectivity index (χ3n) is 2.86. The fourth-order valence-electron chi connectivity index (χ4n) is 1.72. The van der Waals surface area contributed by atoms with Crippen molar-refractivity contribution in [3.05, 3.63) is 58.6 Å². The molecule has 0 bridgehead atoms. The maximum atomic E-state index is 11.8. The maximum Gasteiger partial charge on any atom is 0.262 e. The van der Waals surface area contributed by atoms with Crippen molar-refractivity contribution in [1.29, 1.82) is 0 Å². The van der Waals surface area contributed by atoms with E-state index in [2.05, 4.69) is 21.2 Å². The molecule has 0 aliphatic heterocycles. The molecule has 0 fully saturated rings. The van der Waals surface area contributed by atoms with E-state index >= 15 is 0 Å². The van der Waals surface area contributed by atoms with E-state index in [0.717, 1.165) is 15.7 Å². The van der Waals surface area contributed by atoms with Crippen molar-refractivity contribution in [3.63, 3.8) is 0 Å². The van der Waals surface area contributed by atoms with E-state index in [1.54, 1.807) is 43.3 Å². The number of aliphatic hydroxyl groups is 1. The second-order valence-electron chi connectivity index (χ2n) is 4.59. The number of ether oxygens (including phenoxy) is 1. The van der Waals surface area contributed by atoms with Crippen LogP contribution in [0.3, 0.4) is 0 Å². The van der Waals surface area contributed by atoms with E-state index < -0.39 is 6.10 Å². The number of rotatable bonds is 5. The first-order chi connectivity index (χ1) is 10.0. The lowest BCUT2D eigenvalue weighted by molar-refractivity contribution is -0.118. The van der Waals surface area contributed by atoms with Crippen LogP contribution >= 0.6 is 15.9 Å². The number of aliphatic hydroxyl groups excluding tert-OH is 1. The standard InChI is InChI=1S/C16H16BrNO3/c1-11(19)12-2-8-15(9-3-12)21-10-16(20)18-14-6-4-13(17)5-7-14/h2-9,11,19H,10H2,1H3,(H,18,20)/t11-/m1/s1. The van der Waals surface area contributed by atoms with E-state index in [1.807, 2.05) is 12.1 Å². The van der Waals surface area contributed by atoms with E-state index in [9.17, 15) is 9.90 Å². The number of halogens is 1. The summed E-state index contributed by atoms with van der Waals surface area (Å²) in [7, 11) is 0. The van der Waals surface area contributed by atoms with Crippen LogP contribution in [0.2, 0.25) is 0 Å². The fourth-order valence-corrected chi connectivity index (χ4v) is 1.99. The molecule has 2 aromatic carbocycles. The Labute approximate surface area is 131 Å². The van der Waals surface area contributed by atoms with Crippen molar-refractivity contribution in [2.75, 3.05) is 11.9 Å². The molecule has 0 aromatic heterocycles. The van der Waals surface area contributed by atoms with Gasteiger partial charge in [0.05, 0.1) is 6.10 Å². The van der Waals surface area contributed by atoms with E-state index in [4.69, 9.17) is 4.74 Å². The normalized spacial score (nSPS) is 11.8. The van der Waals surface area contributed by atoms with Gasteiger partial charge in [-0.2, -0.15) is 0 Å². The summed E-state index contributed by atoms with van der Waals surface area (Å²) in [5.74, 6) is 0.363. The van der Waals surface area contributed by atoms with Crippen LogP contribution in [0.15, 0.2) is 53.0 Å². The molecule has 1 amide bonds.